The molecule has 0 heterocycles. The Labute approximate surface area is 144 Å². The number of carbonyl (C=O) groups is 1. The summed E-state index contributed by atoms with van der Waals surface area (Å²) in [5.41, 5.74) is 2.09. The number of carbonyl (C=O) groups excluding carboxylic acids is 1. The van der Waals surface area contributed by atoms with E-state index in [0.717, 1.165) is 28.8 Å². The van der Waals surface area contributed by atoms with Crippen molar-refractivity contribution in [1.29, 1.82) is 0 Å². The Bertz CT molecular complexity index is 696. The number of hydrogen-bond acceptors (Lipinski definition) is 2. The molecule has 120 valence electrons. The van der Waals surface area contributed by atoms with Crippen molar-refractivity contribution in [3.8, 4) is 5.75 Å². The van der Waals surface area contributed by atoms with Gasteiger partial charge in [0.2, 0.25) is 0 Å². The molecule has 1 saturated carbocycles. The number of amides is 2. The summed E-state index contributed by atoms with van der Waals surface area (Å²) in [5, 5.41) is 5.84. The van der Waals surface area contributed by atoms with Crippen LogP contribution < -0.4 is 15.4 Å². The average Bonchev–Trinajstić information content (AvgIpc) is 3.34. The fourth-order valence-electron chi connectivity index (χ4n) is 2.65. The molecule has 2 aromatic carbocycles. The van der Waals surface area contributed by atoms with Crippen LogP contribution >= 0.6 is 15.9 Å². The van der Waals surface area contributed by atoms with Crippen LogP contribution in [0.1, 0.15) is 18.4 Å². The molecule has 0 bridgehead atoms. The summed E-state index contributed by atoms with van der Waals surface area (Å²) < 4.78 is 6.13. The SMILES string of the molecule is COc1ccc(C2(CNC(=O)Nc3cccc(Br)c3)CC2)cc1. The maximum atomic E-state index is 12.1. The highest BCUT2D eigenvalue weighted by molar-refractivity contribution is 9.10. The van der Waals surface area contributed by atoms with Gasteiger partial charge >= 0.3 is 6.03 Å². The van der Waals surface area contributed by atoms with Gasteiger partial charge in [-0.15, -0.1) is 0 Å². The highest BCUT2D eigenvalue weighted by Crippen LogP contribution is 2.47. The Morgan fingerprint density at radius 3 is 2.57 bits per heavy atom. The minimum atomic E-state index is -0.178. The summed E-state index contributed by atoms with van der Waals surface area (Å²) in [6, 6.07) is 15.5. The van der Waals surface area contributed by atoms with E-state index in [1.54, 1.807) is 7.11 Å². The van der Waals surface area contributed by atoms with Crippen molar-refractivity contribution in [3.05, 3.63) is 58.6 Å². The lowest BCUT2D eigenvalue weighted by Crippen LogP contribution is -2.35. The van der Waals surface area contributed by atoms with Crippen LogP contribution in [0.15, 0.2) is 53.0 Å². The first-order chi connectivity index (χ1) is 11.1. The number of hydrogen-bond donors (Lipinski definition) is 2. The minimum absolute atomic E-state index is 0.0703. The van der Waals surface area contributed by atoms with Gasteiger partial charge in [0.05, 0.1) is 7.11 Å². The van der Waals surface area contributed by atoms with Gasteiger partial charge in [0.15, 0.2) is 0 Å². The van der Waals surface area contributed by atoms with E-state index in [-0.39, 0.29) is 11.4 Å². The number of anilines is 1. The van der Waals surface area contributed by atoms with Crippen LogP contribution in [0.5, 0.6) is 5.75 Å². The smallest absolute Gasteiger partial charge is 0.319 e. The molecule has 1 aliphatic carbocycles. The third-order valence-corrected chi connectivity index (χ3v) is 4.72. The van der Waals surface area contributed by atoms with Gasteiger partial charge in [0.25, 0.3) is 0 Å². The Morgan fingerprint density at radius 1 is 1.22 bits per heavy atom. The van der Waals surface area contributed by atoms with Crippen molar-refractivity contribution in [1.82, 2.24) is 5.32 Å². The van der Waals surface area contributed by atoms with Gasteiger partial charge in [-0.3, -0.25) is 0 Å². The van der Waals surface area contributed by atoms with Gasteiger partial charge in [-0.1, -0.05) is 34.1 Å². The maximum Gasteiger partial charge on any atom is 0.319 e. The first-order valence-electron chi connectivity index (χ1n) is 7.56. The lowest BCUT2D eigenvalue weighted by atomic mass is 9.96. The van der Waals surface area contributed by atoms with Gasteiger partial charge in [0, 0.05) is 22.1 Å². The van der Waals surface area contributed by atoms with Crippen molar-refractivity contribution < 1.29 is 9.53 Å². The molecule has 0 aliphatic heterocycles. The lowest BCUT2D eigenvalue weighted by molar-refractivity contribution is 0.251. The third kappa shape index (κ3) is 3.85. The second-order valence-corrected chi connectivity index (χ2v) is 6.74. The number of ether oxygens (including phenoxy) is 1. The quantitative estimate of drug-likeness (QED) is 0.818. The fraction of sp³-hybridized carbons (Fsp3) is 0.278. The molecule has 0 unspecified atom stereocenters. The highest BCUT2D eigenvalue weighted by Gasteiger charge is 2.44. The normalized spacial score (nSPS) is 14.9. The zero-order valence-corrected chi connectivity index (χ0v) is 14.5. The van der Waals surface area contributed by atoms with Crippen LogP contribution in [0, 0.1) is 0 Å². The summed E-state index contributed by atoms with van der Waals surface area (Å²) in [4.78, 5) is 12.1. The zero-order chi connectivity index (χ0) is 16.3. The number of rotatable bonds is 5. The van der Waals surface area contributed by atoms with Crippen molar-refractivity contribution in [2.75, 3.05) is 19.0 Å². The molecule has 5 heteroatoms. The first kappa shape index (κ1) is 15.9. The first-order valence-corrected chi connectivity index (χ1v) is 8.36. The Morgan fingerprint density at radius 2 is 1.96 bits per heavy atom. The van der Waals surface area contributed by atoms with Crippen molar-refractivity contribution >= 4 is 27.6 Å². The molecule has 2 N–H and O–H groups in total. The topological polar surface area (TPSA) is 50.4 Å². The van der Waals surface area contributed by atoms with E-state index >= 15 is 0 Å². The van der Waals surface area contributed by atoms with Gasteiger partial charge in [-0.2, -0.15) is 0 Å². The molecule has 0 radical (unpaired) electrons. The fourth-order valence-corrected chi connectivity index (χ4v) is 3.05. The molecule has 4 nitrogen and oxygen atoms in total. The molecule has 3 rings (SSSR count). The molecular formula is C18H19BrN2O2. The molecule has 0 atom stereocenters. The molecule has 0 aromatic heterocycles. The number of halogens is 1. The standard InChI is InChI=1S/C18H19BrN2O2/c1-23-16-7-5-13(6-8-16)18(9-10-18)12-20-17(22)21-15-4-2-3-14(19)11-15/h2-8,11H,9-10,12H2,1H3,(H2,20,21,22). The van der Waals surface area contributed by atoms with Gasteiger partial charge < -0.3 is 15.4 Å². The van der Waals surface area contributed by atoms with Gasteiger partial charge in [0.1, 0.15) is 5.75 Å². The Hall–Kier alpha value is -2.01. The number of benzene rings is 2. The zero-order valence-electron chi connectivity index (χ0n) is 12.9. The largest absolute Gasteiger partial charge is 0.497 e. The van der Waals surface area contributed by atoms with E-state index < -0.39 is 0 Å². The molecule has 2 aromatic rings. The second kappa shape index (κ2) is 6.62. The van der Waals surface area contributed by atoms with Crippen molar-refractivity contribution in [3.63, 3.8) is 0 Å². The van der Waals surface area contributed by atoms with Gasteiger partial charge in [-0.05, 0) is 48.7 Å². The average molecular weight is 375 g/mol. The summed E-state index contributed by atoms with van der Waals surface area (Å²) in [5.74, 6) is 0.852. The molecule has 0 saturated heterocycles. The predicted molar refractivity (Wildman–Crippen MR) is 95.1 cm³/mol. The number of methoxy groups -OCH3 is 1. The van der Waals surface area contributed by atoms with Crippen LogP contribution in [-0.4, -0.2) is 19.7 Å². The van der Waals surface area contributed by atoms with E-state index in [9.17, 15) is 4.79 Å². The molecular weight excluding hydrogens is 356 g/mol. The van der Waals surface area contributed by atoms with E-state index in [0.29, 0.717) is 6.54 Å². The van der Waals surface area contributed by atoms with E-state index in [2.05, 4.69) is 38.7 Å². The monoisotopic (exact) mass is 374 g/mol. The van der Waals surface area contributed by atoms with Crippen LogP contribution in [0.3, 0.4) is 0 Å². The molecule has 1 aliphatic rings. The van der Waals surface area contributed by atoms with Crippen molar-refractivity contribution in [2.24, 2.45) is 0 Å². The highest BCUT2D eigenvalue weighted by atomic mass is 79.9. The van der Waals surface area contributed by atoms with Crippen LogP contribution in [0.4, 0.5) is 10.5 Å². The van der Waals surface area contributed by atoms with Crippen LogP contribution in [0.25, 0.3) is 0 Å². The minimum Gasteiger partial charge on any atom is -0.497 e. The number of nitrogens with one attached hydrogen (secondary N) is 2. The predicted octanol–water partition coefficient (Wildman–Crippen LogP) is 4.31. The number of urea groups is 1. The molecule has 0 spiro atoms. The Kier molecular flexibility index (Phi) is 4.57. The lowest BCUT2D eigenvalue weighted by Gasteiger charge is -2.17. The van der Waals surface area contributed by atoms with Crippen LogP contribution in [0.2, 0.25) is 0 Å². The summed E-state index contributed by atoms with van der Waals surface area (Å²) >= 11 is 3.39. The third-order valence-electron chi connectivity index (χ3n) is 4.23. The van der Waals surface area contributed by atoms with E-state index in [1.165, 1.54) is 5.56 Å². The summed E-state index contributed by atoms with van der Waals surface area (Å²) in [6.45, 7) is 0.638. The molecule has 2 amide bonds. The molecule has 23 heavy (non-hydrogen) atoms. The van der Waals surface area contributed by atoms with Crippen LogP contribution in [-0.2, 0) is 5.41 Å². The van der Waals surface area contributed by atoms with Crippen molar-refractivity contribution in [2.45, 2.75) is 18.3 Å². The van der Waals surface area contributed by atoms with Gasteiger partial charge in [-0.25, -0.2) is 4.79 Å². The Balaban J connectivity index is 1.57. The molecule has 1 fully saturated rings. The summed E-state index contributed by atoms with van der Waals surface area (Å²) in [7, 11) is 1.66. The summed E-state index contributed by atoms with van der Waals surface area (Å²) in [6.07, 6.45) is 2.19. The maximum absolute atomic E-state index is 12.1. The second-order valence-electron chi connectivity index (χ2n) is 5.83. The van der Waals surface area contributed by atoms with E-state index in [1.807, 2.05) is 36.4 Å². The van der Waals surface area contributed by atoms with E-state index in [4.69, 9.17) is 4.74 Å².